The lowest BCUT2D eigenvalue weighted by Gasteiger charge is -2.15. The number of oxime groups is 1. The second-order valence-corrected chi connectivity index (χ2v) is 7.36. The van der Waals surface area contributed by atoms with Gasteiger partial charge in [0.2, 0.25) is 0 Å². The molecular formula is C15H21F3N2O3S. The van der Waals surface area contributed by atoms with Crippen molar-refractivity contribution in [3.63, 3.8) is 0 Å². The van der Waals surface area contributed by atoms with E-state index < -0.39 is 15.5 Å². The SMILES string of the molecule is CC/C(=N\OCC(C)C)c1cc(C)ccc1NS(=O)(=O)C(F)(F)F. The molecule has 9 heteroatoms. The third-order valence-corrected chi connectivity index (χ3v) is 4.05. The Balaban J connectivity index is 3.25. The molecule has 1 N–H and O–H groups in total. The summed E-state index contributed by atoms with van der Waals surface area (Å²) in [7, 11) is -5.51. The highest BCUT2D eigenvalue weighted by atomic mass is 32.2. The maximum Gasteiger partial charge on any atom is 0.516 e. The number of nitrogens with zero attached hydrogens (tertiary/aromatic N) is 1. The van der Waals surface area contributed by atoms with E-state index in [1.165, 1.54) is 12.1 Å². The van der Waals surface area contributed by atoms with E-state index in [4.69, 9.17) is 4.84 Å². The fourth-order valence-electron chi connectivity index (χ4n) is 1.76. The second-order valence-electron chi connectivity index (χ2n) is 5.68. The summed E-state index contributed by atoms with van der Waals surface area (Å²) in [5.41, 5.74) is -4.21. The molecule has 136 valence electrons. The Morgan fingerprint density at radius 1 is 1.33 bits per heavy atom. The zero-order valence-electron chi connectivity index (χ0n) is 13.9. The molecule has 0 atom stereocenters. The first-order valence-corrected chi connectivity index (χ1v) is 8.85. The number of anilines is 1. The van der Waals surface area contributed by atoms with Crippen molar-refractivity contribution in [3.8, 4) is 0 Å². The van der Waals surface area contributed by atoms with Gasteiger partial charge in [-0.2, -0.15) is 21.6 Å². The van der Waals surface area contributed by atoms with Gasteiger partial charge in [-0.15, -0.1) is 0 Å². The number of hydrogen-bond acceptors (Lipinski definition) is 4. The van der Waals surface area contributed by atoms with Crippen LogP contribution >= 0.6 is 0 Å². The number of alkyl halides is 3. The number of aryl methyl sites for hydroxylation is 1. The van der Waals surface area contributed by atoms with Crippen LogP contribution in [0.3, 0.4) is 0 Å². The summed E-state index contributed by atoms with van der Waals surface area (Å²) in [5.74, 6) is 0.229. The maximum absolute atomic E-state index is 12.6. The van der Waals surface area contributed by atoms with E-state index in [0.717, 1.165) is 5.56 Å². The van der Waals surface area contributed by atoms with Gasteiger partial charge < -0.3 is 4.84 Å². The van der Waals surface area contributed by atoms with Crippen molar-refractivity contribution in [1.82, 2.24) is 0 Å². The van der Waals surface area contributed by atoms with E-state index in [0.29, 0.717) is 18.7 Å². The van der Waals surface area contributed by atoms with Gasteiger partial charge in [-0.3, -0.25) is 4.72 Å². The summed E-state index contributed by atoms with van der Waals surface area (Å²) >= 11 is 0. The van der Waals surface area contributed by atoms with E-state index in [1.807, 2.05) is 13.8 Å². The second kappa shape index (κ2) is 7.87. The number of hydrogen-bond donors (Lipinski definition) is 1. The zero-order chi connectivity index (χ0) is 18.5. The van der Waals surface area contributed by atoms with Gasteiger partial charge in [0, 0.05) is 5.56 Å². The number of benzene rings is 1. The molecule has 0 aliphatic rings. The van der Waals surface area contributed by atoms with Crippen LogP contribution in [-0.4, -0.2) is 26.2 Å². The van der Waals surface area contributed by atoms with Crippen molar-refractivity contribution in [2.75, 3.05) is 11.3 Å². The Morgan fingerprint density at radius 3 is 2.46 bits per heavy atom. The molecule has 5 nitrogen and oxygen atoms in total. The number of sulfonamides is 1. The van der Waals surface area contributed by atoms with Gasteiger partial charge in [0.25, 0.3) is 0 Å². The third kappa shape index (κ3) is 5.40. The summed E-state index contributed by atoms with van der Waals surface area (Å²) in [4.78, 5) is 5.18. The Hall–Kier alpha value is -1.77. The molecule has 0 bridgehead atoms. The normalized spacial score (nSPS) is 13.2. The highest BCUT2D eigenvalue weighted by Gasteiger charge is 2.46. The first-order chi connectivity index (χ1) is 11.0. The van der Waals surface area contributed by atoms with Gasteiger partial charge in [0.15, 0.2) is 0 Å². The minimum absolute atomic E-state index is 0.188. The molecule has 0 aliphatic carbocycles. The fourth-order valence-corrected chi connectivity index (χ4v) is 2.34. The average molecular weight is 366 g/mol. The first-order valence-electron chi connectivity index (χ1n) is 7.37. The van der Waals surface area contributed by atoms with Crippen molar-refractivity contribution in [3.05, 3.63) is 29.3 Å². The molecule has 0 amide bonds. The van der Waals surface area contributed by atoms with Crippen LogP contribution in [0.15, 0.2) is 23.4 Å². The van der Waals surface area contributed by atoms with Crippen molar-refractivity contribution in [1.29, 1.82) is 0 Å². The monoisotopic (exact) mass is 366 g/mol. The van der Waals surface area contributed by atoms with E-state index >= 15 is 0 Å². The molecule has 0 heterocycles. The van der Waals surface area contributed by atoms with Crippen LogP contribution in [0.25, 0.3) is 0 Å². The number of halogens is 3. The van der Waals surface area contributed by atoms with Gasteiger partial charge in [-0.05, 0) is 31.4 Å². The zero-order valence-corrected chi connectivity index (χ0v) is 14.8. The highest BCUT2D eigenvalue weighted by Crippen LogP contribution is 2.28. The van der Waals surface area contributed by atoms with E-state index in [2.05, 4.69) is 5.16 Å². The van der Waals surface area contributed by atoms with Crippen molar-refractivity contribution >= 4 is 21.4 Å². The van der Waals surface area contributed by atoms with Crippen molar-refractivity contribution in [2.45, 2.75) is 39.6 Å². The summed E-state index contributed by atoms with van der Waals surface area (Å²) in [5, 5.41) is 3.95. The number of rotatable bonds is 7. The Morgan fingerprint density at radius 2 is 1.96 bits per heavy atom. The molecule has 0 saturated heterocycles. The molecule has 1 aromatic carbocycles. The Bertz CT molecular complexity index is 698. The Kier molecular flexibility index (Phi) is 6.65. The van der Waals surface area contributed by atoms with E-state index in [1.54, 1.807) is 24.6 Å². The van der Waals surface area contributed by atoms with Crippen LogP contribution in [-0.2, 0) is 14.9 Å². The lowest BCUT2D eigenvalue weighted by atomic mass is 10.0. The molecule has 0 saturated carbocycles. The minimum atomic E-state index is -5.51. The topological polar surface area (TPSA) is 67.8 Å². The van der Waals surface area contributed by atoms with Gasteiger partial charge >= 0.3 is 15.5 Å². The van der Waals surface area contributed by atoms with Crippen LogP contribution < -0.4 is 4.72 Å². The van der Waals surface area contributed by atoms with Crippen LogP contribution in [0.4, 0.5) is 18.9 Å². The Labute approximate surface area is 139 Å². The van der Waals surface area contributed by atoms with Gasteiger partial charge in [0.05, 0.1) is 11.4 Å². The molecular weight excluding hydrogens is 345 g/mol. The molecule has 24 heavy (non-hydrogen) atoms. The smallest absolute Gasteiger partial charge is 0.395 e. The quantitative estimate of drug-likeness (QED) is 0.585. The summed E-state index contributed by atoms with van der Waals surface area (Å²) < 4.78 is 62.1. The molecule has 0 aromatic heterocycles. The van der Waals surface area contributed by atoms with Crippen LogP contribution in [0.1, 0.15) is 38.3 Å². The highest BCUT2D eigenvalue weighted by molar-refractivity contribution is 7.93. The maximum atomic E-state index is 12.6. The molecule has 0 unspecified atom stereocenters. The molecule has 1 rings (SSSR count). The average Bonchev–Trinajstić information content (AvgIpc) is 2.44. The number of nitrogens with one attached hydrogen (secondary N) is 1. The fraction of sp³-hybridized carbons (Fsp3) is 0.533. The molecule has 0 fully saturated rings. The summed E-state index contributed by atoms with van der Waals surface area (Å²) in [6, 6.07) is 4.36. The van der Waals surface area contributed by atoms with Crippen LogP contribution in [0.5, 0.6) is 0 Å². The molecule has 0 aliphatic heterocycles. The third-order valence-electron chi connectivity index (χ3n) is 2.95. The lowest BCUT2D eigenvalue weighted by molar-refractivity contribution is -0.0429. The first kappa shape index (κ1) is 20.3. The van der Waals surface area contributed by atoms with Crippen molar-refractivity contribution in [2.24, 2.45) is 11.1 Å². The summed E-state index contributed by atoms with van der Waals surface area (Å²) in [6.45, 7) is 7.70. The van der Waals surface area contributed by atoms with Gasteiger partial charge in [-0.1, -0.05) is 37.6 Å². The van der Waals surface area contributed by atoms with Gasteiger partial charge in [0.1, 0.15) is 6.61 Å². The predicted molar refractivity (Wildman–Crippen MR) is 87.4 cm³/mol. The van der Waals surface area contributed by atoms with E-state index in [-0.39, 0.29) is 17.2 Å². The molecule has 0 spiro atoms. The van der Waals surface area contributed by atoms with Gasteiger partial charge in [-0.25, -0.2) is 0 Å². The molecule has 1 aromatic rings. The lowest BCUT2D eigenvalue weighted by Crippen LogP contribution is -2.30. The largest absolute Gasteiger partial charge is 0.516 e. The minimum Gasteiger partial charge on any atom is -0.395 e. The standard InChI is InChI=1S/C15H21F3N2O3S/c1-5-13(19-23-9-10(2)3)12-8-11(4)6-7-14(12)20-24(21,22)15(16,17)18/h6-8,10,20H,5,9H2,1-4H3/b19-13+. The van der Waals surface area contributed by atoms with Crippen LogP contribution in [0, 0.1) is 12.8 Å². The van der Waals surface area contributed by atoms with Crippen LogP contribution in [0.2, 0.25) is 0 Å². The van der Waals surface area contributed by atoms with E-state index in [9.17, 15) is 21.6 Å². The molecule has 0 radical (unpaired) electrons. The van der Waals surface area contributed by atoms with Crippen molar-refractivity contribution < 1.29 is 26.4 Å². The summed E-state index contributed by atoms with van der Waals surface area (Å²) in [6.07, 6.45) is 0.363. The predicted octanol–water partition coefficient (Wildman–Crippen LogP) is 4.04.